The third-order valence-corrected chi connectivity index (χ3v) is 5.33. The molecule has 1 aromatic carbocycles. The zero-order valence-electron chi connectivity index (χ0n) is 14.2. The summed E-state index contributed by atoms with van der Waals surface area (Å²) >= 11 is 1.67. The number of hydrogen-bond donors (Lipinski definition) is 1. The van der Waals surface area contributed by atoms with Crippen LogP contribution >= 0.6 is 11.8 Å². The molecule has 0 radical (unpaired) electrons. The third kappa shape index (κ3) is 3.68. The number of aromatic nitrogens is 3. The van der Waals surface area contributed by atoms with Crippen molar-refractivity contribution in [3.63, 3.8) is 0 Å². The predicted octanol–water partition coefficient (Wildman–Crippen LogP) is 1.92. The monoisotopic (exact) mass is 360 g/mol. The van der Waals surface area contributed by atoms with Crippen LogP contribution in [-0.2, 0) is 4.79 Å². The van der Waals surface area contributed by atoms with Crippen molar-refractivity contribution in [1.82, 2.24) is 19.9 Å². The second kappa shape index (κ2) is 7.26. The molecule has 132 valence electrons. The quantitative estimate of drug-likeness (QED) is 0.896. The second-order valence-electron chi connectivity index (χ2n) is 6.10. The summed E-state index contributed by atoms with van der Waals surface area (Å²) in [4.78, 5) is 25.6. The zero-order chi connectivity index (χ0) is 18.0. The standard InChI is InChI=1S/C17H20N4O3S/c1-11-4-3-5-13(8-11)21-12(2)16(18-19-21)17(24)20-6-7-25-10-14(20)9-15(22)23/h3-5,8,14H,6-7,9-10H2,1-2H3,(H,22,23). The summed E-state index contributed by atoms with van der Waals surface area (Å²) in [5.74, 6) is 0.282. The topological polar surface area (TPSA) is 88.3 Å². The van der Waals surface area contributed by atoms with Gasteiger partial charge in [0.25, 0.3) is 5.91 Å². The van der Waals surface area contributed by atoms with Crippen LogP contribution in [0.5, 0.6) is 0 Å². The van der Waals surface area contributed by atoms with Crippen LogP contribution < -0.4 is 0 Å². The fourth-order valence-electron chi connectivity index (χ4n) is 2.96. The molecule has 8 heteroatoms. The van der Waals surface area contributed by atoms with E-state index in [0.29, 0.717) is 18.0 Å². The molecule has 1 aliphatic rings. The number of nitrogens with zero attached hydrogens (tertiary/aromatic N) is 4. The molecule has 1 fully saturated rings. The van der Waals surface area contributed by atoms with Crippen molar-refractivity contribution in [1.29, 1.82) is 0 Å². The minimum absolute atomic E-state index is 0.0518. The first-order valence-electron chi connectivity index (χ1n) is 8.07. The van der Waals surface area contributed by atoms with Gasteiger partial charge >= 0.3 is 5.97 Å². The number of rotatable bonds is 4. The lowest BCUT2D eigenvalue weighted by Gasteiger charge is -2.34. The lowest BCUT2D eigenvalue weighted by molar-refractivity contribution is -0.138. The van der Waals surface area contributed by atoms with Crippen molar-refractivity contribution in [2.75, 3.05) is 18.1 Å². The molecular formula is C17H20N4O3S. The van der Waals surface area contributed by atoms with Crippen molar-refractivity contribution in [2.45, 2.75) is 26.3 Å². The molecule has 1 aromatic heterocycles. The molecule has 0 spiro atoms. The van der Waals surface area contributed by atoms with E-state index in [4.69, 9.17) is 5.11 Å². The smallest absolute Gasteiger partial charge is 0.305 e. The fourth-order valence-corrected chi connectivity index (χ4v) is 4.02. The molecule has 1 atom stereocenters. The number of aliphatic carboxylic acids is 1. The van der Waals surface area contributed by atoms with Crippen molar-refractivity contribution in [2.24, 2.45) is 0 Å². The number of carboxylic acids is 1. The second-order valence-corrected chi connectivity index (χ2v) is 7.25. The Hall–Kier alpha value is -2.35. The summed E-state index contributed by atoms with van der Waals surface area (Å²) < 4.78 is 1.64. The van der Waals surface area contributed by atoms with Crippen molar-refractivity contribution in [3.8, 4) is 5.69 Å². The number of hydrogen-bond acceptors (Lipinski definition) is 5. The van der Waals surface area contributed by atoms with E-state index < -0.39 is 5.97 Å². The summed E-state index contributed by atoms with van der Waals surface area (Å²) in [6, 6.07) is 7.49. The molecule has 2 heterocycles. The van der Waals surface area contributed by atoms with E-state index in [0.717, 1.165) is 17.0 Å². The maximum Gasteiger partial charge on any atom is 0.305 e. The Kier molecular flexibility index (Phi) is 5.08. The van der Waals surface area contributed by atoms with Gasteiger partial charge in [-0.3, -0.25) is 9.59 Å². The van der Waals surface area contributed by atoms with E-state index in [1.165, 1.54) is 0 Å². The molecule has 25 heavy (non-hydrogen) atoms. The zero-order valence-corrected chi connectivity index (χ0v) is 15.0. The third-order valence-electron chi connectivity index (χ3n) is 4.24. The first-order valence-corrected chi connectivity index (χ1v) is 9.22. The molecule has 3 rings (SSSR count). The first kappa shape index (κ1) is 17.5. The summed E-state index contributed by atoms with van der Waals surface area (Å²) in [7, 11) is 0. The lowest BCUT2D eigenvalue weighted by Crippen LogP contribution is -2.47. The van der Waals surface area contributed by atoms with E-state index in [1.807, 2.05) is 31.2 Å². The SMILES string of the molecule is Cc1cccc(-n2nnc(C(=O)N3CCSCC3CC(=O)O)c2C)c1. The maximum atomic E-state index is 12.9. The van der Waals surface area contributed by atoms with Crippen LogP contribution in [0, 0.1) is 13.8 Å². The van der Waals surface area contributed by atoms with Gasteiger partial charge in [-0.1, -0.05) is 17.3 Å². The van der Waals surface area contributed by atoms with Gasteiger partial charge in [-0.15, -0.1) is 5.10 Å². The molecule has 1 saturated heterocycles. The Morgan fingerprint density at radius 2 is 2.16 bits per heavy atom. The van der Waals surface area contributed by atoms with Crippen LogP contribution in [0.1, 0.15) is 28.2 Å². The molecule has 1 aliphatic heterocycles. The molecule has 0 aliphatic carbocycles. The lowest BCUT2D eigenvalue weighted by atomic mass is 10.1. The van der Waals surface area contributed by atoms with Gasteiger partial charge in [0.15, 0.2) is 5.69 Å². The van der Waals surface area contributed by atoms with Gasteiger partial charge in [0.1, 0.15) is 0 Å². The number of aryl methyl sites for hydroxylation is 1. The van der Waals surface area contributed by atoms with Crippen LogP contribution in [0.4, 0.5) is 0 Å². The summed E-state index contributed by atoms with van der Waals surface area (Å²) in [6.07, 6.45) is -0.0518. The van der Waals surface area contributed by atoms with Gasteiger partial charge in [0, 0.05) is 18.1 Å². The normalized spacial score (nSPS) is 17.5. The Balaban J connectivity index is 1.88. The van der Waals surface area contributed by atoms with Crippen molar-refractivity contribution >= 4 is 23.6 Å². The summed E-state index contributed by atoms with van der Waals surface area (Å²) in [6.45, 7) is 4.32. The van der Waals surface area contributed by atoms with Crippen LogP contribution in [-0.4, -0.2) is 61.0 Å². The van der Waals surface area contributed by atoms with E-state index in [9.17, 15) is 9.59 Å². The van der Waals surface area contributed by atoms with E-state index in [2.05, 4.69) is 10.3 Å². The van der Waals surface area contributed by atoms with Crippen LogP contribution in [0.2, 0.25) is 0 Å². The van der Waals surface area contributed by atoms with E-state index in [1.54, 1.807) is 28.3 Å². The predicted molar refractivity (Wildman–Crippen MR) is 95.2 cm³/mol. The fraction of sp³-hybridized carbons (Fsp3) is 0.412. The minimum Gasteiger partial charge on any atom is -0.481 e. The van der Waals surface area contributed by atoms with Gasteiger partial charge in [-0.05, 0) is 31.5 Å². The average Bonchev–Trinajstić information content (AvgIpc) is 2.96. The Bertz CT molecular complexity index is 805. The molecule has 0 bridgehead atoms. The van der Waals surface area contributed by atoms with E-state index in [-0.39, 0.29) is 24.1 Å². The Morgan fingerprint density at radius 3 is 2.88 bits per heavy atom. The Labute approximate surface area is 150 Å². The van der Waals surface area contributed by atoms with Crippen LogP contribution in [0.15, 0.2) is 24.3 Å². The average molecular weight is 360 g/mol. The molecule has 2 aromatic rings. The largest absolute Gasteiger partial charge is 0.481 e. The molecule has 1 unspecified atom stereocenters. The van der Waals surface area contributed by atoms with Gasteiger partial charge in [-0.2, -0.15) is 11.8 Å². The maximum absolute atomic E-state index is 12.9. The number of carbonyl (C=O) groups is 2. The molecule has 7 nitrogen and oxygen atoms in total. The van der Waals surface area contributed by atoms with Crippen molar-refractivity contribution < 1.29 is 14.7 Å². The van der Waals surface area contributed by atoms with Crippen LogP contribution in [0.3, 0.4) is 0 Å². The first-order chi connectivity index (χ1) is 12.0. The number of benzene rings is 1. The highest BCUT2D eigenvalue weighted by Crippen LogP contribution is 2.22. The summed E-state index contributed by atoms with van der Waals surface area (Å²) in [5, 5.41) is 17.3. The molecular weight excluding hydrogens is 340 g/mol. The number of thioether (sulfide) groups is 1. The highest BCUT2D eigenvalue weighted by atomic mass is 32.2. The molecule has 0 saturated carbocycles. The van der Waals surface area contributed by atoms with Gasteiger partial charge < -0.3 is 10.0 Å². The number of carbonyl (C=O) groups excluding carboxylic acids is 1. The number of amides is 1. The van der Waals surface area contributed by atoms with E-state index >= 15 is 0 Å². The summed E-state index contributed by atoms with van der Waals surface area (Å²) in [5.41, 5.74) is 2.88. The molecule has 1 N–H and O–H groups in total. The van der Waals surface area contributed by atoms with Gasteiger partial charge in [0.05, 0.1) is 23.8 Å². The minimum atomic E-state index is -0.898. The Morgan fingerprint density at radius 1 is 1.36 bits per heavy atom. The van der Waals surface area contributed by atoms with Crippen molar-refractivity contribution in [3.05, 3.63) is 41.2 Å². The number of carboxylic acid groups (broad SMARTS) is 1. The highest BCUT2D eigenvalue weighted by molar-refractivity contribution is 7.99. The molecule has 1 amide bonds. The van der Waals surface area contributed by atoms with Gasteiger partial charge in [-0.25, -0.2) is 4.68 Å². The highest BCUT2D eigenvalue weighted by Gasteiger charge is 2.32. The van der Waals surface area contributed by atoms with Crippen LogP contribution in [0.25, 0.3) is 5.69 Å². The van der Waals surface area contributed by atoms with Gasteiger partial charge in [0.2, 0.25) is 0 Å².